The van der Waals surface area contributed by atoms with E-state index in [9.17, 15) is 14.4 Å². The van der Waals surface area contributed by atoms with E-state index in [1.807, 2.05) is 32.0 Å². The second-order valence-electron chi connectivity index (χ2n) is 7.64. The van der Waals surface area contributed by atoms with Gasteiger partial charge in [0.05, 0.1) is 17.8 Å². The van der Waals surface area contributed by atoms with Crippen LogP contribution in [0, 0.1) is 13.8 Å². The van der Waals surface area contributed by atoms with Crippen LogP contribution >= 0.6 is 15.9 Å². The highest BCUT2D eigenvalue weighted by Crippen LogP contribution is 2.36. The molecule has 174 valence electrons. The quantitative estimate of drug-likeness (QED) is 0.283. The van der Waals surface area contributed by atoms with Crippen LogP contribution < -0.4 is 25.5 Å². The van der Waals surface area contributed by atoms with E-state index in [-0.39, 0.29) is 18.6 Å². The van der Waals surface area contributed by atoms with Crippen molar-refractivity contribution in [1.82, 2.24) is 10.7 Å². The van der Waals surface area contributed by atoms with Gasteiger partial charge in [0.2, 0.25) is 0 Å². The largest absolute Gasteiger partial charge is 0.493 e. The number of hydrazone groups is 1. The highest BCUT2D eigenvalue weighted by Gasteiger charge is 2.26. The third kappa shape index (κ3) is 7.04. The topological polar surface area (TPSA) is 118 Å². The molecule has 3 amide bonds. The highest BCUT2D eigenvalue weighted by molar-refractivity contribution is 9.10. The number of amides is 3. The Morgan fingerprint density at radius 2 is 1.91 bits per heavy atom. The number of rotatable bonds is 8. The summed E-state index contributed by atoms with van der Waals surface area (Å²) in [5, 5.41) is 9.21. The van der Waals surface area contributed by atoms with Gasteiger partial charge in [-0.25, -0.2) is 5.43 Å². The Balaban J connectivity index is 1.59. The van der Waals surface area contributed by atoms with E-state index >= 15 is 0 Å². The van der Waals surface area contributed by atoms with Gasteiger partial charge in [0, 0.05) is 11.7 Å². The van der Waals surface area contributed by atoms with Crippen LogP contribution in [0.5, 0.6) is 11.5 Å². The van der Waals surface area contributed by atoms with E-state index in [1.165, 1.54) is 13.3 Å². The summed E-state index contributed by atoms with van der Waals surface area (Å²) < 4.78 is 11.6. The minimum atomic E-state index is -0.834. The number of hydrogen-bond acceptors (Lipinski definition) is 6. The average Bonchev–Trinajstić information content (AvgIpc) is 3.58. The molecule has 0 radical (unpaired) electrons. The molecule has 10 heteroatoms. The van der Waals surface area contributed by atoms with Gasteiger partial charge in [0.1, 0.15) is 0 Å². The van der Waals surface area contributed by atoms with Crippen LogP contribution in [0.25, 0.3) is 0 Å². The van der Waals surface area contributed by atoms with Crippen molar-refractivity contribution in [2.24, 2.45) is 5.10 Å². The number of nitrogens with zero attached hydrogens (tertiary/aromatic N) is 1. The van der Waals surface area contributed by atoms with Crippen molar-refractivity contribution in [3.63, 3.8) is 0 Å². The van der Waals surface area contributed by atoms with Crippen molar-refractivity contribution >= 4 is 45.6 Å². The van der Waals surface area contributed by atoms with Gasteiger partial charge < -0.3 is 20.1 Å². The van der Waals surface area contributed by atoms with Crippen LogP contribution in [0.4, 0.5) is 5.69 Å². The number of methoxy groups -OCH3 is 1. The first-order chi connectivity index (χ1) is 15.8. The number of anilines is 1. The Bertz CT molecular complexity index is 1100. The number of carbonyl (C=O) groups is 3. The fraction of sp³-hybridized carbons (Fsp3) is 0.304. The van der Waals surface area contributed by atoms with E-state index in [1.54, 1.807) is 12.1 Å². The summed E-state index contributed by atoms with van der Waals surface area (Å²) in [6.45, 7) is 3.69. The summed E-state index contributed by atoms with van der Waals surface area (Å²) in [5.41, 5.74) is 5.56. The van der Waals surface area contributed by atoms with Crippen molar-refractivity contribution in [2.45, 2.75) is 32.7 Å². The van der Waals surface area contributed by atoms with Crippen LogP contribution in [-0.4, -0.2) is 43.7 Å². The summed E-state index contributed by atoms with van der Waals surface area (Å²) >= 11 is 3.40. The lowest BCUT2D eigenvalue weighted by Crippen LogP contribution is -2.38. The van der Waals surface area contributed by atoms with Crippen molar-refractivity contribution in [1.29, 1.82) is 0 Å². The number of hydrogen-bond donors (Lipinski definition) is 3. The molecule has 3 N–H and O–H groups in total. The van der Waals surface area contributed by atoms with Crippen LogP contribution in [-0.2, 0) is 14.4 Å². The van der Waals surface area contributed by atoms with Crippen LogP contribution in [0.3, 0.4) is 0 Å². The molecule has 3 rings (SSSR count). The van der Waals surface area contributed by atoms with Crippen molar-refractivity contribution < 1.29 is 23.9 Å². The zero-order valence-electron chi connectivity index (χ0n) is 18.5. The number of ether oxygens (including phenoxy) is 2. The molecule has 1 aliphatic carbocycles. The van der Waals surface area contributed by atoms with Crippen molar-refractivity contribution in [3.05, 3.63) is 51.5 Å². The smallest absolute Gasteiger partial charge is 0.329 e. The first-order valence-corrected chi connectivity index (χ1v) is 11.1. The van der Waals surface area contributed by atoms with Crippen LogP contribution in [0.1, 0.15) is 29.5 Å². The van der Waals surface area contributed by atoms with E-state index in [0.29, 0.717) is 21.5 Å². The molecule has 9 nitrogen and oxygen atoms in total. The van der Waals surface area contributed by atoms with E-state index in [4.69, 9.17) is 9.47 Å². The number of aryl methyl sites for hydroxylation is 2. The number of nitrogens with one attached hydrogen (secondary N) is 3. The fourth-order valence-corrected chi connectivity index (χ4v) is 3.50. The molecular formula is C23H25BrN4O5. The maximum Gasteiger partial charge on any atom is 0.329 e. The molecule has 1 saturated carbocycles. The summed E-state index contributed by atoms with van der Waals surface area (Å²) in [6, 6.07) is 9.15. The van der Waals surface area contributed by atoms with Crippen LogP contribution in [0.2, 0.25) is 0 Å². The first kappa shape index (κ1) is 24.2. The summed E-state index contributed by atoms with van der Waals surface area (Å²) in [5.74, 6) is -1.15. The van der Waals surface area contributed by atoms with Gasteiger partial charge in [-0.1, -0.05) is 17.7 Å². The molecule has 1 aliphatic rings. The molecule has 2 aromatic rings. The zero-order chi connectivity index (χ0) is 24.0. The average molecular weight is 517 g/mol. The molecule has 0 bridgehead atoms. The molecule has 0 heterocycles. The SMILES string of the molecule is COc1cc(/C=N\NC(=O)C(=O)NC2CC2)cc(Br)c1OCC(=O)Nc1ccc(C)cc1C. The molecular weight excluding hydrogens is 492 g/mol. The maximum absolute atomic E-state index is 12.3. The third-order valence-corrected chi connectivity index (χ3v) is 5.34. The second kappa shape index (κ2) is 11.0. The van der Waals surface area contributed by atoms with Gasteiger partial charge in [-0.05, 0) is 71.9 Å². The van der Waals surface area contributed by atoms with E-state index in [0.717, 1.165) is 29.7 Å². The lowest BCUT2D eigenvalue weighted by atomic mass is 10.1. The van der Waals surface area contributed by atoms with Gasteiger partial charge in [-0.3, -0.25) is 14.4 Å². The zero-order valence-corrected chi connectivity index (χ0v) is 20.1. The molecule has 0 saturated heterocycles. The third-order valence-electron chi connectivity index (χ3n) is 4.75. The monoisotopic (exact) mass is 516 g/mol. The summed E-state index contributed by atoms with van der Waals surface area (Å²) in [4.78, 5) is 35.7. The Kier molecular flexibility index (Phi) is 8.05. The van der Waals surface area contributed by atoms with Gasteiger partial charge >= 0.3 is 11.8 Å². The molecule has 0 aliphatic heterocycles. The van der Waals surface area contributed by atoms with Gasteiger partial charge in [0.15, 0.2) is 18.1 Å². The maximum atomic E-state index is 12.3. The lowest BCUT2D eigenvalue weighted by Gasteiger charge is -2.14. The van der Waals surface area contributed by atoms with Crippen LogP contribution in [0.15, 0.2) is 39.9 Å². The molecule has 0 aromatic heterocycles. The van der Waals surface area contributed by atoms with Gasteiger partial charge in [0.25, 0.3) is 5.91 Å². The first-order valence-electron chi connectivity index (χ1n) is 10.3. The van der Waals surface area contributed by atoms with E-state index < -0.39 is 11.8 Å². The molecule has 0 atom stereocenters. The predicted octanol–water partition coefficient (Wildman–Crippen LogP) is 2.82. The number of benzene rings is 2. The Morgan fingerprint density at radius 3 is 2.58 bits per heavy atom. The van der Waals surface area contributed by atoms with Gasteiger partial charge in [-0.2, -0.15) is 5.10 Å². The Labute approximate surface area is 200 Å². The van der Waals surface area contributed by atoms with E-state index in [2.05, 4.69) is 37.1 Å². The standard InChI is InChI=1S/C23H25BrN4O5/c1-13-4-7-18(14(2)8-13)27-20(29)12-33-21-17(24)9-15(10-19(21)32-3)11-25-28-23(31)22(30)26-16-5-6-16/h4,7-11,16H,5-6,12H2,1-3H3,(H,26,30)(H,27,29)(H,28,31)/b25-11-. The van der Waals surface area contributed by atoms with Crippen molar-refractivity contribution in [3.8, 4) is 11.5 Å². The molecule has 2 aromatic carbocycles. The second-order valence-corrected chi connectivity index (χ2v) is 8.49. The Hall–Kier alpha value is -3.40. The minimum absolute atomic E-state index is 0.0861. The molecule has 33 heavy (non-hydrogen) atoms. The summed E-state index contributed by atoms with van der Waals surface area (Å²) in [7, 11) is 1.47. The number of halogens is 1. The minimum Gasteiger partial charge on any atom is -0.493 e. The highest BCUT2D eigenvalue weighted by atomic mass is 79.9. The van der Waals surface area contributed by atoms with Crippen molar-refractivity contribution in [2.75, 3.05) is 19.0 Å². The number of carbonyl (C=O) groups excluding carboxylic acids is 3. The lowest BCUT2D eigenvalue weighted by molar-refractivity contribution is -0.139. The predicted molar refractivity (Wildman–Crippen MR) is 128 cm³/mol. The van der Waals surface area contributed by atoms with Gasteiger partial charge in [-0.15, -0.1) is 0 Å². The molecule has 0 unspecified atom stereocenters. The molecule has 0 spiro atoms. The summed E-state index contributed by atoms with van der Waals surface area (Å²) in [6.07, 6.45) is 3.14. The Morgan fingerprint density at radius 1 is 1.15 bits per heavy atom. The normalized spacial score (nSPS) is 12.8. The molecule has 1 fully saturated rings. The fourth-order valence-electron chi connectivity index (χ4n) is 2.93.